The van der Waals surface area contributed by atoms with Crippen molar-refractivity contribution in [2.75, 3.05) is 18.0 Å². The molecule has 0 radical (unpaired) electrons. The van der Waals surface area contributed by atoms with E-state index in [0.717, 1.165) is 36.2 Å². The van der Waals surface area contributed by atoms with Crippen molar-refractivity contribution in [2.45, 2.75) is 39.3 Å². The molecule has 94 valence electrons. The van der Waals surface area contributed by atoms with E-state index in [1.54, 1.807) is 0 Å². The predicted molar refractivity (Wildman–Crippen MR) is 72.7 cm³/mol. The van der Waals surface area contributed by atoms with Gasteiger partial charge in [0.2, 0.25) is 0 Å². The van der Waals surface area contributed by atoms with Crippen LogP contribution in [0.25, 0.3) is 0 Å². The minimum Gasteiger partial charge on any atom is -0.357 e. The normalized spacial score (nSPS) is 15.0. The lowest BCUT2D eigenvalue weighted by Gasteiger charge is -2.20. The number of nitrogens with zero attached hydrogens (tertiary/aromatic N) is 2. The fourth-order valence-electron chi connectivity index (χ4n) is 1.85. The Morgan fingerprint density at radius 1 is 1.35 bits per heavy atom. The second-order valence-corrected chi connectivity index (χ2v) is 4.83. The molecule has 0 bridgehead atoms. The molecule has 3 nitrogen and oxygen atoms in total. The third-order valence-electron chi connectivity index (χ3n) is 3.13. The zero-order valence-electron chi connectivity index (χ0n) is 10.5. The zero-order chi connectivity index (χ0) is 12.3. The Morgan fingerprint density at radius 3 is 2.65 bits per heavy atom. The van der Waals surface area contributed by atoms with Gasteiger partial charge in [0.15, 0.2) is 0 Å². The van der Waals surface area contributed by atoms with Gasteiger partial charge in [-0.05, 0) is 38.8 Å². The lowest BCUT2D eigenvalue weighted by atomic mass is 10.3. The molecule has 1 aromatic rings. The van der Waals surface area contributed by atoms with Crippen LogP contribution < -0.4 is 10.2 Å². The Bertz CT molecular complexity index is 373. The highest BCUT2D eigenvalue weighted by Gasteiger charge is 2.20. The number of rotatable bonds is 6. The number of hydrogen-bond acceptors (Lipinski definition) is 3. The number of anilines is 1. The van der Waals surface area contributed by atoms with Crippen molar-refractivity contribution >= 4 is 17.4 Å². The molecule has 1 saturated carbocycles. The summed E-state index contributed by atoms with van der Waals surface area (Å²) >= 11 is 6.17. The molecule has 0 saturated heterocycles. The highest BCUT2D eigenvalue weighted by atomic mass is 35.5. The third kappa shape index (κ3) is 3.33. The van der Waals surface area contributed by atoms with Crippen molar-refractivity contribution in [1.82, 2.24) is 10.3 Å². The van der Waals surface area contributed by atoms with E-state index in [-0.39, 0.29) is 0 Å². The molecule has 4 heteroatoms. The second-order valence-electron chi connectivity index (χ2n) is 4.43. The maximum atomic E-state index is 6.17. The van der Waals surface area contributed by atoms with Crippen molar-refractivity contribution in [2.24, 2.45) is 0 Å². The summed E-state index contributed by atoms with van der Waals surface area (Å²) in [6, 6.07) is 4.63. The average Bonchev–Trinajstić information content (AvgIpc) is 3.15. The lowest BCUT2D eigenvalue weighted by molar-refractivity contribution is 0.673. The van der Waals surface area contributed by atoms with Gasteiger partial charge in [-0.25, -0.2) is 4.98 Å². The largest absolute Gasteiger partial charge is 0.357 e. The van der Waals surface area contributed by atoms with Crippen LogP contribution in [0.4, 0.5) is 5.82 Å². The van der Waals surface area contributed by atoms with Crippen LogP contribution >= 0.6 is 11.6 Å². The highest BCUT2D eigenvalue weighted by Crippen LogP contribution is 2.22. The maximum Gasteiger partial charge on any atom is 0.128 e. The fraction of sp³-hybridized carbons (Fsp3) is 0.615. The molecular weight excluding hydrogens is 234 g/mol. The van der Waals surface area contributed by atoms with Gasteiger partial charge in [0.1, 0.15) is 5.82 Å². The molecule has 0 unspecified atom stereocenters. The van der Waals surface area contributed by atoms with Gasteiger partial charge in [-0.15, -0.1) is 0 Å². The van der Waals surface area contributed by atoms with Crippen molar-refractivity contribution in [3.05, 3.63) is 22.8 Å². The van der Waals surface area contributed by atoms with E-state index in [2.05, 4.69) is 29.0 Å². The molecule has 1 aliphatic carbocycles. The molecule has 1 N–H and O–H groups in total. The first-order valence-corrected chi connectivity index (χ1v) is 6.76. The summed E-state index contributed by atoms with van der Waals surface area (Å²) in [5.41, 5.74) is 0.961. The Morgan fingerprint density at radius 2 is 2.06 bits per heavy atom. The molecule has 0 atom stereocenters. The third-order valence-corrected chi connectivity index (χ3v) is 3.47. The van der Waals surface area contributed by atoms with E-state index in [9.17, 15) is 0 Å². The SMILES string of the molecule is CCN(CC)c1ccc(Cl)c(CNC2CC2)n1. The van der Waals surface area contributed by atoms with Crippen LogP contribution in [0, 0.1) is 0 Å². The Kier molecular flexibility index (Phi) is 4.24. The van der Waals surface area contributed by atoms with E-state index in [1.165, 1.54) is 12.8 Å². The lowest BCUT2D eigenvalue weighted by Crippen LogP contribution is -2.24. The summed E-state index contributed by atoms with van der Waals surface area (Å²) in [5, 5.41) is 4.21. The molecule has 0 amide bonds. The van der Waals surface area contributed by atoms with Crippen LogP contribution in [0.1, 0.15) is 32.4 Å². The summed E-state index contributed by atoms with van der Waals surface area (Å²) in [7, 11) is 0. The van der Waals surface area contributed by atoms with E-state index in [0.29, 0.717) is 6.04 Å². The molecule has 1 fully saturated rings. The molecule has 0 spiro atoms. The van der Waals surface area contributed by atoms with E-state index >= 15 is 0 Å². The molecule has 2 rings (SSSR count). The summed E-state index contributed by atoms with van der Waals surface area (Å²) in [6.45, 7) is 7.00. The number of halogens is 1. The van der Waals surface area contributed by atoms with Gasteiger partial charge >= 0.3 is 0 Å². The smallest absolute Gasteiger partial charge is 0.128 e. The topological polar surface area (TPSA) is 28.2 Å². The van der Waals surface area contributed by atoms with Gasteiger partial charge < -0.3 is 10.2 Å². The Labute approximate surface area is 108 Å². The molecule has 1 aromatic heterocycles. The zero-order valence-corrected chi connectivity index (χ0v) is 11.3. The quantitative estimate of drug-likeness (QED) is 0.845. The molecule has 1 aliphatic rings. The van der Waals surface area contributed by atoms with Crippen LogP contribution in [0.2, 0.25) is 5.02 Å². The van der Waals surface area contributed by atoms with Gasteiger partial charge in [-0.3, -0.25) is 0 Å². The maximum absolute atomic E-state index is 6.17. The first kappa shape index (κ1) is 12.7. The number of nitrogens with one attached hydrogen (secondary N) is 1. The van der Waals surface area contributed by atoms with Crippen LogP contribution in [0.15, 0.2) is 12.1 Å². The van der Waals surface area contributed by atoms with Crippen molar-refractivity contribution in [3.63, 3.8) is 0 Å². The molecular formula is C13H20ClN3. The first-order chi connectivity index (χ1) is 8.24. The van der Waals surface area contributed by atoms with Crippen LogP contribution in [0.3, 0.4) is 0 Å². The number of pyridine rings is 1. The monoisotopic (exact) mass is 253 g/mol. The summed E-state index contributed by atoms with van der Waals surface area (Å²) in [6.07, 6.45) is 2.57. The van der Waals surface area contributed by atoms with Crippen molar-refractivity contribution < 1.29 is 0 Å². The standard InChI is InChI=1S/C13H20ClN3/c1-3-17(4-2)13-8-7-11(14)12(16-13)9-15-10-5-6-10/h7-8,10,15H,3-6,9H2,1-2H3. The van der Waals surface area contributed by atoms with E-state index in [1.807, 2.05) is 12.1 Å². The molecule has 0 aliphatic heterocycles. The van der Waals surface area contributed by atoms with Gasteiger partial charge in [0.25, 0.3) is 0 Å². The van der Waals surface area contributed by atoms with Crippen LogP contribution in [0.5, 0.6) is 0 Å². The number of hydrogen-bond donors (Lipinski definition) is 1. The minimum atomic E-state index is 0.685. The first-order valence-electron chi connectivity index (χ1n) is 6.38. The van der Waals surface area contributed by atoms with Gasteiger partial charge in [0.05, 0.1) is 10.7 Å². The molecule has 0 aromatic carbocycles. The van der Waals surface area contributed by atoms with Gasteiger partial charge in [0, 0.05) is 25.7 Å². The van der Waals surface area contributed by atoms with Crippen molar-refractivity contribution in [3.8, 4) is 0 Å². The predicted octanol–water partition coefficient (Wildman–Crippen LogP) is 2.83. The number of aromatic nitrogens is 1. The molecule has 17 heavy (non-hydrogen) atoms. The fourth-order valence-corrected chi connectivity index (χ4v) is 2.02. The van der Waals surface area contributed by atoms with Gasteiger partial charge in [-0.2, -0.15) is 0 Å². The average molecular weight is 254 g/mol. The van der Waals surface area contributed by atoms with E-state index < -0.39 is 0 Å². The van der Waals surface area contributed by atoms with E-state index in [4.69, 9.17) is 11.6 Å². The second kappa shape index (κ2) is 5.69. The Hall–Kier alpha value is -0.800. The highest BCUT2D eigenvalue weighted by molar-refractivity contribution is 6.31. The molecule has 1 heterocycles. The summed E-state index contributed by atoms with van der Waals surface area (Å²) < 4.78 is 0. The van der Waals surface area contributed by atoms with Crippen LogP contribution in [-0.2, 0) is 6.54 Å². The van der Waals surface area contributed by atoms with Crippen LogP contribution in [-0.4, -0.2) is 24.1 Å². The summed E-state index contributed by atoms with van der Waals surface area (Å²) in [4.78, 5) is 6.88. The Balaban J connectivity index is 2.09. The summed E-state index contributed by atoms with van der Waals surface area (Å²) in [5.74, 6) is 1.02. The minimum absolute atomic E-state index is 0.685. The van der Waals surface area contributed by atoms with Crippen molar-refractivity contribution in [1.29, 1.82) is 0 Å². The van der Waals surface area contributed by atoms with Gasteiger partial charge in [-0.1, -0.05) is 11.6 Å².